The Morgan fingerprint density at radius 2 is 2.03 bits per heavy atom. The molecule has 5 nitrogen and oxygen atoms in total. The van der Waals surface area contributed by atoms with Gasteiger partial charge in [0.1, 0.15) is 12.0 Å². The van der Waals surface area contributed by atoms with E-state index in [1.807, 2.05) is 24.5 Å². The molecule has 4 aromatic rings. The number of nitrogens with one attached hydrogen (secondary N) is 1. The average Bonchev–Trinajstić information content (AvgIpc) is 3.23. The molecule has 0 aliphatic carbocycles. The quantitative estimate of drug-likeness (QED) is 0.463. The molecule has 0 amide bonds. The monoisotopic (exact) mass is 397 g/mol. The third-order valence-electron chi connectivity index (χ3n) is 5.22. The maximum absolute atomic E-state index is 15.3. The number of carbonyl (C=O) groups is 1. The average molecular weight is 397 g/mol. The van der Waals surface area contributed by atoms with Gasteiger partial charge in [-0.15, -0.1) is 0 Å². The molecule has 2 aromatic heterocycles. The third kappa shape index (κ3) is 3.16. The first-order chi connectivity index (χ1) is 13.8. The van der Waals surface area contributed by atoms with Crippen molar-refractivity contribution < 1.29 is 18.7 Å². The minimum atomic E-state index is -1.67. The summed E-state index contributed by atoms with van der Waals surface area (Å²) in [4.78, 5) is 11.2. The number of aliphatic carboxylic acids is 1. The molecule has 7 heteroatoms. The minimum absolute atomic E-state index is 0.0914. The molecule has 150 valence electrons. The van der Waals surface area contributed by atoms with Gasteiger partial charge in [-0.05, 0) is 48.7 Å². The molecule has 29 heavy (non-hydrogen) atoms. The van der Waals surface area contributed by atoms with Gasteiger partial charge in [-0.25, -0.2) is 8.78 Å². The van der Waals surface area contributed by atoms with Crippen molar-refractivity contribution in [3.05, 3.63) is 59.2 Å². The van der Waals surface area contributed by atoms with Crippen LogP contribution in [-0.4, -0.2) is 25.8 Å². The summed E-state index contributed by atoms with van der Waals surface area (Å²) < 4.78 is 31.0. The van der Waals surface area contributed by atoms with E-state index in [4.69, 9.17) is 0 Å². The second-order valence-electron chi connectivity index (χ2n) is 7.61. The molecule has 2 N–H and O–H groups in total. The first kappa shape index (κ1) is 19.1. The zero-order chi connectivity index (χ0) is 20.9. The van der Waals surface area contributed by atoms with Gasteiger partial charge < -0.3 is 9.67 Å². The zero-order valence-electron chi connectivity index (χ0n) is 16.3. The van der Waals surface area contributed by atoms with Crippen LogP contribution in [0.15, 0.2) is 36.5 Å². The summed E-state index contributed by atoms with van der Waals surface area (Å²) in [6.07, 6.45) is -0.612. The fraction of sp³-hybridized carbons (Fsp3) is 0.273. The third-order valence-corrected chi connectivity index (χ3v) is 5.22. The fourth-order valence-corrected chi connectivity index (χ4v) is 3.97. The van der Waals surface area contributed by atoms with E-state index in [0.29, 0.717) is 27.9 Å². The van der Waals surface area contributed by atoms with E-state index in [2.05, 4.69) is 10.2 Å². The topological polar surface area (TPSA) is 70.9 Å². The summed E-state index contributed by atoms with van der Waals surface area (Å²) in [6.45, 7) is 5.55. The van der Waals surface area contributed by atoms with Crippen LogP contribution in [-0.2, 0) is 4.79 Å². The number of halogens is 2. The largest absolute Gasteiger partial charge is 0.481 e. The van der Waals surface area contributed by atoms with Gasteiger partial charge in [0.25, 0.3) is 0 Å². The van der Waals surface area contributed by atoms with Crippen LogP contribution >= 0.6 is 0 Å². The van der Waals surface area contributed by atoms with Crippen LogP contribution in [0.2, 0.25) is 0 Å². The Bertz CT molecular complexity index is 1240. The van der Waals surface area contributed by atoms with E-state index >= 15 is 4.39 Å². The number of carboxylic acids is 1. The zero-order valence-corrected chi connectivity index (χ0v) is 16.3. The number of H-pyrrole nitrogens is 1. The Kier molecular flexibility index (Phi) is 4.61. The number of aryl methyl sites for hydroxylation is 1. The number of aromatic amines is 1. The van der Waals surface area contributed by atoms with Crippen LogP contribution in [0.4, 0.5) is 8.78 Å². The Hall–Kier alpha value is -3.22. The SMILES string of the molecule is Cc1cc(-n2c(C(C)C)c([C@@H](F)CC(=O)O)c3cc4[nH]ncc4cc32)ccc1F. The lowest BCUT2D eigenvalue weighted by Gasteiger charge is -2.17. The van der Waals surface area contributed by atoms with Crippen molar-refractivity contribution in [2.75, 3.05) is 0 Å². The summed E-state index contributed by atoms with van der Waals surface area (Å²) in [5, 5.41) is 17.6. The lowest BCUT2D eigenvalue weighted by atomic mass is 9.97. The van der Waals surface area contributed by atoms with E-state index < -0.39 is 18.6 Å². The van der Waals surface area contributed by atoms with E-state index in [1.165, 1.54) is 6.07 Å². The van der Waals surface area contributed by atoms with E-state index in [1.54, 1.807) is 31.3 Å². The molecule has 0 saturated heterocycles. The molecule has 2 aromatic carbocycles. The van der Waals surface area contributed by atoms with E-state index in [0.717, 1.165) is 16.4 Å². The maximum atomic E-state index is 15.3. The van der Waals surface area contributed by atoms with Crippen molar-refractivity contribution in [1.29, 1.82) is 0 Å². The maximum Gasteiger partial charge on any atom is 0.306 e. The van der Waals surface area contributed by atoms with Crippen molar-refractivity contribution in [1.82, 2.24) is 14.8 Å². The number of hydrogen-bond donors (Lipinski definition) is 2. The summed E-state index contributed by atoms with van der Waals surface area (Å²) in [5.74, 6) is -1.61. The van der Waals surface area contributed by atoms with Gasteiger partial charge in [-0.3, -0.25) is 9.89 Å². The molecule has 0 unspecified atom stereocenters. The predicted octanol–water partition coefficient (Wildman–Crippen LogP) is 5.56. The van der Waals surface area contributed by atoms with Crippen molar-refractivity contribution in [3.8, 4) is 5.69 Å². The Morgan fingerprint density at radius 1 is 1.28 bits per heavy atom. The number of alkyl halides is 1. The second kappa shape index (κ2) is 6.99. The molecule has 0 saturated carbocycles. The highest BCUT2D eigenvalue weighted by atomic mass is 19.1. The lowest BCUT2D eigenvalue weighted by Crippen LogP contribution is -2.08. The van der Waals surface area contributed by atoms with E-state index in [-0.39, 0.29) is 11.7 Å². The number of aromatic nitrogens is 3. The number of hydrogen-bond acceptors (Lipinski definition) is 2. The molecule has 0 aliphatic rings. The van der Waals surface area contributed by atoms with Crippen molar-refractivity contribution in [2.24, 2.45) is 0 Å². The van der Waals surface area contributed by atoms with Gasteiger partial charge in [0.05, 0.1) is 23.7 Å². The predicted molar refractivity (Wildman–Crippen MR) is 108 cm³/mol. The first-order valence-electron chi connectivity index (χ1n) is 9.41. The molecule has 1 atom stereocenters. The van der Waals surface area contributed by atoms with Gasteiger partial charge in [0, 0.05) is 27.7 Å². The Balaban J connectivity index is 2.13. The standard InChI is InChI=1S/C22H21F2N3O2/c1-11(2)22-21(17(24)9-20(28)29)15-8-18-13(10-25-26-18)7-19(15)27(22)14-4-5-16(23)12(3)6-14/h4-8,10-11,17H,9H2,1-3H3,(H,25,26)(H,28,29)/t17-/m0/s1. The number of rotatable bonds is 5. The molecular formula is C22H21F2N3O2. The normalized spacial score (nSPS) is 12.9. The van der Waals surface area contributed by atoms with Gasteiger partial charge in [0.2, 0.25) is 0 Å². The van der Waals surface area contributed by atoms with Crippen LogP contribution in [0.25, 0.3) is 27.5 Å². The van der Waals surface area contributed by atoms with Gasteiger partial charge in [0.15, 0.2) is 0 Å². The molecule has 0 bridgehead atoms. The highest BCUT2D eigenvalue weighted by Gasteiger charge is 2.28. The fourth-order valence-electron chi connectivity index (χ4n) is 3.97. The van der Waals surface area contributed by atoms with Crippen LogP contribution < -0.4 is 0 Å². The number of benzene rings is 2. The van der Waals surface area contributed by atoms with Crippen LogP contribution in [0.3, 0.4) is 0 Å². The van der Waals surface area contributed by atoms with E-state index in [9.17, 15) is 14.3 Å². The Morgan fingerprint density at radius 3 is 2.69 bits per heavy atom. The lowest BCUT2D eigenvalue weighted by molar-refractivity contribution is -0.138. The summed E-state index contributed by atoms with van der Waals surface area (Å²) >= 11 is 0. The molecular weight excluding hydrogens is 376 g/mol. The van der Waals surface area contributed by atoms with Crippen LogP contribution in [0, 0.1) is 12.7 Å². The summed E-state index contributed by atoms with van der Waals surface area (Å²) in [7, 11) is 0. The number of fused-ring (bicyclic) bond motifs is 2. The minimum Gasteiger partial charge on any atom is -0.481 e. The Labute approximate surface area is 166 Å². The molecule has 0 aliphatic heterocycles. The molecule has 0 radical (unpaired) electrons. The highest BCUT2D eigenvalue weighted by molar-refractivity contribution is 5.99. The first-order valence-corrected chi connectivity index (χ1v) is 9.41. The summed E-state index contributed by atoms with van der Waals surface area (Å²) in [6, 6.07) is 8.46. The van der Waals surface area contributed by atoms with Gasteiger partial charge in [-0.2, -0.15) is 5.10 Å². The highest BCUT2D eigenvalue weighted by Crippen LogP contribution is 2.41. The van der Waals surface area contributed by atoms with Crippen LogP contribution in [0.5, 0.6) is 0 Å². The van der Waals surface area contributed by atoms with Crippen LogP contribution in [0.1, 0.15) is 49.2 Å². The smallest absolute Gasteiger partial charge is 0.306 e. The molecule has 0 fully saturated rings. The second-order valence-corrected chi connectivity index (χ2v) is 7.61. The van der Waals surface area contributed by atoms with Crippen molar-refractivity contribution >= 4 is 27.8 Å². The molecule has 4 rings (SSSR count). The van der Waals surface area contributed by atoms with Gasteiger partial charge >= 0.3 is 5.97 Å². The molecule has 0 spiro atoms. The number of nitrogens with zero attached hydrogens (tertiary/aromatic N) is 2. The summed E-state index contributed by atoms with van der Waals surface area (Å²) in [5.41, 5.74) is 3.69. The number of carboxylic acid groups (broad SMARTS) is 1. The van der Waals surface area contributed by atoms with Crippen molar-refractivity contribution in [3.63, 3.8) is 0 Å². The van der Waals surface area contributed by atoms with Gasteiger partial charge in [-0.1, -0.05) is 13.8 Å². The van der Waals surface area contributed by atoms with Crippen molar-refractivity contribution in [2.45, 2.75) is 39.3 Å². The molecule has 2 heterocycles.